The van der Waals surface area contributed by atoms with E-state index in [0.717, 1.165) is 11.8 Å². The van der Waals surface area contributed by atoms with Crippen molar-refractivity contribution < 1.29 is 22.7 Å². The Bertz CT molecular complexity index is 646. The molecule has 8 heteroatoms. The van der Waals surface area contributed by atoms with E-state index in [1.165, 1.54) is 11.4 Å². The van der Waals surface area contributed by atoms with Crippen LogP contribution in [0.4, 0.5) is 5.69 Å². The van der Waals surface area contributed by atoms with E-state index in [1.807, 2.05) is 19.1 Å². The molecule has 0 aromatic heterocycles. The van der Waals surface area contributed by atoms with Crippen molar-refractivity contribution >= 4 is 21.6 Å². The summed E-state index contributed by atoms with van der Waals surface area (Å²) in [6, 6.07) is 5.47. The lowest BCUT2D eigenvalue weighted by atomic mass is 10.2. The molecule has 0 bridgehead atoms. The molecule has 0 radical (unpaired) electrons. The van der Waals surface area contributed by atoms with Crippen LogP contribution in [0.15, 0.2) is 18.2 Å². The Morgan fingerprint density at radius 3 is 2.54 bits per heavy atom. The average molecular weight is 358 g/mol. The molecule has 7 nitrogen and oxygen atoms in total. The van der Waals surface area contributed by atoms with E-state index >= 15 is 0 Å². The third-order valence-corrected chi connectivity index (χ3v) is 4.75. The summed E-state index contributed by atoms with van der Waals surface area (Å²) in [4.78, 5) is 12.1. The lowest BCUT2D eigenvalue weighted by molar-refractivity contribution is -0.116. The van der Waals surface area contributed by atoms with Crippen LogP contribution in [0, 0.1) is 6.92 Å². The molecule has 0 saturated carbocycles. The van der Waals surface area contributed by atoms with Crippen LogP contribution in [0.5, 0.6) is 5.75 Å². The van der Waals surface area contributed by atoms with Gasteiger partial charge in [0.15, 0.2) is 0 Å². The van der Waals surface area contributed by atoms with Crippen LogP contribution in [0.25, 0.3) is 0 Å². The number of nitrogens with one attached hydrogen (secondary N) is 1. The molecule has 1 aromatic rings. The van der Waals surface area contributed by atoms with Crippen molar-refractivity contribution in [3.63, 3.8) is 0 Å². The fraction of sp³-hybridized carbons (Fsp3) is 0.562. The van der Waals surface area contributed by atoms with Crippen molar-refractivity contribution in [3.8, 4) is 5.75 Å². The molecule has 0 aliphatic rings. The highest BCUT2D eigenvalue weighted by Crippen LogP contribution is 2.25. The monoisotopic (exact) mass is 358 g/mol. The first-order chi connectivity index (χ1) is 11.3. The molecule has 0 heterocycles. The summed E-state index contributed by atoms with van der Waals surface area (Å²) in [5.74, 6) is 0.299. The molecular formula is C16H26N2O5S. The van der Waals surface area contributed by atoms with Gasteiger partial charge in [0.25, 0.3) is 0 Å². The van der Waals surface area contributed by atoms with Gasteiger partial charge in [0.2, 0.25) is 15.9 Å². The molecule has 0 saturated heterocycles. The number of amides is 1. The van der Waals surface area contributed by atoms with Gasteiger partial charge >= 0.3 is 0 Å². The summed E-state index contributed by atoms with van der Waals surface area (Å²) in [6.07, 6.45) is 1.79. The van der Waals surface area contributed by atoms with Gasteiger partial charge in [0.1, 0.15) is 5.75 Å². The molecule has 0 fully saturated rings. The van der Waals surface area contributed by atoms with Crippen molar-refractivity contribution in [2.24, 2.45) is 0 Å². The van der Waals surface area contributed by atoms with Gasteiger partial charge in [0, 0.05) is 33.2 Å². The summed E-state index contributed by atoms with van der Waals surface area (Å²) in [7, 11) is -0.268. The van der Waals surface area contributed by atoms with Gasteiger partial charge in [-0.2, -0.15) is 0 Å². The van der Waals surface area contributed by atoms with Gasteiger partial charge in [0.05, 0.1) is 19.1 Å². The second kappa shape index (κ2) is 9.61. The molecule has 0 unspecified atom stereocenters. The molecule has 1 N–H and O–H groups in total. The topological polar surface area (TPSA) is 84.9 Å². The molecule has 0 aliphatic heterocycles. The number of rotatable bonds is 10. The normalized spacial score (nSPS) is 11.5. The highest BCUT2D eigenvalue weighted by Gasteiger charge is 2.18. The number of hydrogen-bond donors (Lipinski definition) is 1. The lowest BCUT2D eigenvalue weighted by Crippen LogP contribution is -2.34. The van der Waals surface area contributed by atoms with Crippen LogP contribution >= 0.6 is 0 Å². The maximum Gasteiger partial charge on any atom is 0.225 e. The fourth-order valence-corrected chi connectivity index (χ4v) is 3.07. The summed E-state index contributed by atoms with van der Waals surface area (Å²) in [5.41, 5.74) is 1.57. The van der Waals surface area contributed by atoms with E-state index < -0.39 is 10.0 Å². The second-order valence-electron chi connectivity index (χ2n) is 5.51. The van der Waals surface area contributed by atoms with Crippen LogP contribution < -0.4 is 10.1 Å². The summed E-state index contributed by atoms with van der Waals surface area (Å²) < 4.78 is 35.0. The zero-order chi connectivity index (χ0) is 18.2. The minimum absolute atomic E-state index is 0.0666. The Kier molecular flexibility index (Phi) is 8.17. The number of nitrogens with zero attached hydrogens (tertiary/aromatic N) is 1. The van der Waals surface area contributed by atoms with Crippen LogP contribution in [-0.4, -0.2) is 58.8 Å². The fourth-order valence-electron chi connectivity index (χ4n) is 2.19. The molecule has 1 aromatic carbocycles. The van der Waals surface area contributed by atoms with Crippen LogP contribution in [0.3, 0.4) is 0 Å². The maximum atomic E-state index is 12.1. The van der Waals surface area contributed by atoms with Crippen LogP contribution in [0.1, 0.15) is 18.4 Å². The molecule has 1 amide bonds. The Balaban J connectivity index is 2.64. The van der Waals surface area contributed by atoms with Gasteiger partial charge < -0.3 is 14.8 Å². The van der Waals surface area contributed by atoms with Gasteiger partial charge in [-0.05, 0) is 31.0 Å². The highest BCUT2D eigenvalue weighted by atomic mass is 32.2. The zero-order valence-electron chi connectivity index (χ0n) is 14.7. The van der Waals surface area contributed by atoms with Gasteiger partial charge in [-0.15, -0.1) is 0 Å². The number of hydrogen-bond acceptors (Lipinski definition) is 5. The molecule has 0 aliphatic carbocycles. The first kappa shape index (κ1) is 20.4. The lowest BCUT2D eigenvalue weighted by Gasteiger charge is -2.19. The largest absolute Gasteiger partial charge is 0.495 e. The Labute approximate surface area is 144 Å². The van der Waals surface area contributed by atoms with E-state index in [2.05, 4.69) is 5.32 Å². The average Bonchev–Trinajstić information content (AvgIpc) is 2.49. The summed E-state index contributed by atoms with van der Waals surface area (Å²) in [5, 5.41) is 2.77. The summed E-state index contributed by atoms with van der Waals surface area (Å²) >= 11 is 0. The number of carbonyl (C=O) groups is 1. The van der Waals surface area contributed by atoms with Crippen molar-refractivity contribution in [1.82, 2.24) is 4.31 Å². The quantitative estimate of drug-likeness (QED) is 0.643. The number of anilines is 1. The Morgan fingerprint density at radius 1 is 1.25 bits per heavy atom. The second-order valence-corrected chi connectivity index (χ2v) is 7.49. The first-order valence-corrected chi connectivity index (χ1v) is 9.51. The number of carbonyl (C=O) groups excluding carboxylic acids is 1. The van der Waals surface area contributed by atoms with Crippen molar-refractivity contribution in [3.05, 3.63) is 23.8 Å². The van der Waals surface area contributed by atoms with E-state index in [0.29, 0.717) is 31.0 Å². The van der Waals surface area contributed by atoms with Gasteiger partial charge in [-0.3, -0.25) is 4.79 Å². The van der Waals surface area contributed by atoms with E-state index in [-0.39, 0.29) is 18.9 Å². The Hall–Kier alpha value is -1.64. The Morgan fingerprint density at radius 2 is 1.96 bits per heavy atom. The third-order valence-electron chi connectivity index (χ3n) is 3.44. The predicted molar refractivity (Wildman–Crippen MR) is 93.9 cm³/mol. The highest BCUT2D eigenvalue weighted by molar-refractivity contribution is 7.88. The molecule has 24 heavy (non-hydrogen) atoms. The van der Waals surface area contributed by atoms with Gasteiger partial charge in [-0.25, -0.2) is 12.7 Å². The molecule has 1 rings (SSSR count). The molecule has 0 atom stereocenters. The number of benzene rings is 1. The molecule has 136 valence electrons. The molecule has 0 spiro atoms. The van der Waals surface area contributed by atoms with Crippen LogP contribution in [-0.2, 0) is 19.6 Å². The smallest absolute Gasteiger partial charge is 0.225 e. The SMILES string of the molecule is COCCCN(CCC(=O)Nc1cc(C)ccc1OC)S(C)(=O)=O. The van der Waals surface area contributed by atoms with E-state index in [4.69, 9.17) is 9.47 Å². The van der Waals surface area contributed by atoms with Crippen molar-refractivity contribution in [2.75, 3.05) is 45.5 Å². The number of methoxy groups -OCH3 is 2. The number of sulfonamides is 1. The van der Waals surface area contributed by atoms with Crippen molar-refractivity contribution in [2.45, 2.75) is 19.8 Å². The predicted octanol–water partition coefficient (Wildman–Crippen LogP) is 1.63. The van der Waals surface area contributed by atoms with Crippen LogP contribution in [0.2, 0.25) is 0 Å². The standard InChI is InChI=1S/C16H26N2O5S/c1-13-6-7-15(23-3)14(12-13)17-16(19)8-10-18(24(4,20)21)9-5-11-22-2/h6-7,12H,5,8-11H2,1-4H3,(H,17,19). The number of ether oxygens (including phenoxy) is 2. The van der Waals surface area contributed by atoms with E-state index in [1.54, 1.807) is 13.2 Å². The maximum absolute atomic E-state index is 12.1. The number of aryl methyl sites for hydroxylation is 1. The molecular weight excluding hydrogens is 332 g/mol. The van der Waals surface area contributed by atoms with Crippen molar-refractivity contribution in [1.29, 1.82) is 0 Å². The zero-order valence-corrected chi connectivity index (χ0v) is 15.5. The first-order valence-electron chi connectivity index (χ1n) is 7.66. The van der Waals surface area contributed by atoms with E-state index in [9.17, 15) is 13.2 Å². The third kappa shape index (κ3) is 6.86. The minimum Gasteiger partial charge on any atom is -0.495 e. The summed E-state index contributed by atoms with van der Waals surface area (Å²) in [6.45, 7) is 2.84. The van der Waals surface area contributed by atoms with Gasteiger partial charge in [-0.1, -0.05) is 6.07 Å². The minimum atomic E-state index is -3.36.